The van der Waals surface area contributed by atoms with Crippen LogP contribution in [0.4, 0.5) is 10.5 Å². The van der Waals surface area contributed by atoms with Gasteiger partial charge in [0.05, 0.1) is 7.11 Å². The molecule has 0 unspecified atom stereocenters. The average molecular weight is 383 g/mol. The smallest absolute Gasteiger partial charge is 0.314 e. The highest BCUT2D eigenvalue weighted by molar-refractivity contribution is 5.73. The maximum Gasteiger partial charge on any atom is 0.314 e. The summed E-state index contributed by atoms with van der Waals surface area (Å²) in [5, 5.41) is 5.87. The van der Waals surface area contributed by atoms with Crippen molar-refractivity contribution in [1.29, 1.82) is 0 Å². The van der Waals surface area contributed by atoms with Crippen LogP contribution in [0.15, 0.2) is 54.6 Å². The fourth-order valence-electron chi connectivity index (χ4n) is 3.38. The molecule has 2 amide bonds. The van der Waals surface area contributed by atoms with Gasteiger partial charge in [-0.1, -0.05) is 30.3 Å². The summed E-state index contributed by atoms with van der Waals surface area (Å²) in [5.41, 5.74) is 2.47. The van der Waals surface area contributed by atoms with E-state index in [9.17, 15) is 4.79 Å². The van der Waals surface area contributed by atoms with Crippen LogP contribution >= 0.6 is 0 Å². The highest BCUT2D eigenvalue weighted by Crippen LogP contribution is 2.20. The summed E-state index contributed by atoms with van der Waals surface area (Å²) in [6.07, 6.45) is 0.849. The van der Waals surface area contributed by atoms with Crippen molar-refractivity contribution in [3.05, 3.63) is 60.2 Å². The number of amides is 2. The van der Waals surface area contributed by atoms with Crippen molar-refractivity contribution >= 4 is 11.7 Å². The topological polar surface area (TPSA) is 56.8 Å². The van der Waals surface area contributed by atoms with E-state index in [0.717, 1.165) is 44.9 Å². The Bertz CT molecular complexity index is 713. The molecule has 2 aromatic carbocycles. The third kappa shape index (κ3) is 6.16. The zero-order chi connectivity index (χ0) is 19.6. The van der Waals surface area contributed by atoms with Crippen molar-refractivity contribution in [2.24, 2.45) is 0 Å². The van der Waals surface area contributed by atoms with Gasteiger partial charge in [0.25, 0.3) is 0 Å². The number of hydrogen-bond donors (Lipinski definition) is 2. The van der Waals surface area contributed by atoms with Crippen molar-refractivity contribution in [1.82, 2.24) is 15.5 Å². The maximum absolute atomic E-state index is 11.9. The zero-order valence-electron chi connectivity index (χ0n) is 16.6. The standard InChI is InChI=1S/C22H30N4O2/c1-28-21-9-7-20(8-10-21)26-17-15-25(16-18-26)14-13-24-22(27)23-12-11-19-5-3-2-4-6-19/h2-10H,11-18H2,1H3,(H2,23,24,27). The summed E-state index contributed by atoms with van der Waals surface area (Å²) in [7, 11) is 1.69. The van der Waals surface area contributed by atoms with Crippen molar-refractivity contribution in [2.75, 3.05) is 57.8 Å². The number of nitrogens with one attached hydrogen (secondary N) is 2. The van der Waals surface area contributed by atoms with Crippen molar-refractivity contribution < 1.29 is 9.53 Å². The summed E-state index contributed by atoms with van der Waals surface area (Å²) in [4.78, 5) is 16.7. The minimum Gasteiger partial charge on any atom is -0.497 e. The van der Waals surface area contributed by atoms with Crippen molar-refractivity contribution in [3.63, 3.8) is 0 Å². The molecule has 6 nitrogen and oxygen atoms in total. The van der Waals surface area contributed by atoms with Gasteiger partial charge in [-0.15, -0.1) is 0 Å². The van der Waals surface area contributed by atoms with Crippen LogP contribution in [-0.4, -0.2) is 63.9 Å². The Balaban J connectivity index is 1.28. The summed E-state index contributed by atoms with van der Waals surface area (Å²) >= 11 is 0. The van der Waals surface area contributed by atoms with Crippen LogP contribution in [0.25, 0.3) is 0 Å². The Morgan fingerprint density at radius 1 is 0.929 bits per heavy atom. The van der Waals surface area contributed by atoms with Crippen LogP contribution in [0.2, 0.25) is 0 Å². The second-order valence-electron chi connectivity index (χ2n) is 6.94. The lowest BCUT2D eigenvalue weighted by atomic mass is 10.1. The predicted octanol–water partition coefficient (Wildman–Crippen LogP) is 2.36. The first-order chi connectivity index (χ1) is 13.7. The number of ether oxygens (including phenoxy) is 1. The lowest BCUT2D eigenvalue weighted by Gasteiger charge is -2.36. The Hall–Kier alpha value is -2.73. The average Bonchev–Trinajstić information content (AvgIpc) is 2.75. The third-order valence-electron chi connectivity index (χ3n) is 5.07. The fourth-order valence-corrected chi connectivity index (χ4v) is 3.38. The molecule has 3 rings (SSSR count). The van der Waals surface area contributed by atoms with Gasteiger partial charge in [-0.25, -0.2) is 4.79 Å². The molecule has 0 saturated carbocycles. The second kappa shape index (κ2) is 10.6. The molecule has 0 spiro atoms. The van der Waals surface area contributed by atoms with Gasteiger partial charge in [-0.2, -0.15) is 0 Å². The second-order valence-corrected chi connectivity index (χ2v) is 6.94. The molecule has 150 valence electrons. The molecular formula is C22H30N4O2. The number of methoxy groups -OCH3 is 1. The van der Waals surface area contributed by atoms with E-state index in [1.807, 2.05) is 30.3 Å². The number of benzene rings is 2. The Morgan fingerprint density at radius 2 is 1.61 bits per heavy atom. The van der Waals surface area contributed by atoms with Gasteiger partial charge in [0.15, 0.2) is 0 Å². The zero-order valence-corrected chi connectivity index (χ0v) is 16.6. The monoisotopic (exact) mass is 382 g/mol. The van der Waals surface area contributed by atoms with E-state index in [-0.39, 0.29) is 6.03 Å². The van der Waals surface area contributed by atoms with Gasteiger partial charge in [0.1, 0.15) is 5.75 Å². The molecule has 1 saturated heterocycles. The van der Waals surface area contributed by atoms with Crippen LogP contribution in [0.3, 0.4) is 0 Å². The SMILES string of the molecule is COc1ccc(N2CCN(CCNC(=O)NCCc3ccccc3)CC2)cc1. The van der Waals surface area contributed by atoms with Crippen LogP contribution in [0.1, 0.15) is 5.56 Å². The van der Waals surface area contributed by atoms with E-state index in [2.05, 4.69) is 44.7 Å². The minimum atomic E-state index is -0.0900. The summed E-state index contributed by atoms with van der Waals surface area (Å²) < 4.78 is 5.22. The third-order valence-corrected chi connectivity index (χ3v) is 5.07. The van der Waals surface area contributed by atoms with E-state index < -0.39 is 0 Å². The number of rotatable bonds is 8. The number of nitrogens with zero attached hydrogens (tertiary/aromatic N) is 2. The highest BCUT2D eigenvalue weighted by atomic mass is 16.5. The number of piperazine rings is 1. The number of carbonyl (C=O) groups is 1. The lowest BCUT2D eigenvalue weighted by molar-refractivity contribution is 0.232. The van der Waals surface area contributed by atoms with Crippen LogP contribution < -0.4 is 20.3 Å². The molecule has 0 bridgehead atoms. The summed E-state index contributed by atoms with van der Waals surface area (Å²) in [6, 6.07) is 18.3. The Kier molecular flexibility index (Phi) is 7.55. The quantitative estimate of drug-likeness (QED) is 0.736. The predicted molar refractivity (Wildman–Crippen MR) is 113 cm³/mol. The summed E-state index contributed by atoms with van der Waals surface area (Å²) in [5.74, 6) is 0.885. The van der Waals surface area contributed by atoms with Crippen LogP contribution in [-0.2, 0) is 6.42 Å². The fraction of sp³-hybridized carbons (Fsp3) is 0.409. The van der Waals surface area contributed by atoms with Gasteiger partial charge < -0.3 is 20.3 Å². The first-order valence-corrected chi connectivity index (χ1v) is 9.91. The molecule has 0 atom stereocenters. The molecular weight excluding hydrogens is 352 g/mol. The van der Waals surface area contributed by atoms with Gasteiger partial charge in [-0.05, 0) is 36.2 Å². The molecule has 28 heavy (non-hydrogen) atoms. The molecule has 1 aliphatic heterocycles. The maximum atomic E-state index is 11.9. The number of hydrogen-bond acceptors (Lipinski definition) is 4. The largest absolute Gasteiger partial charge is 0.497 e. The molecule has 0 aromatic heterocycles. The van der Waals surface area contributed by atoms with E-state index in [1.165, 1.54) is 11.3 Å². The van der Waals surface area contributed by atoms with E-state index in [4.69, 9.17) is 4.74 Å². The van der Waals surface area contributed by atoms with Crippen molar-refractivity contribution in [3.8, 4) is 5.75 Å². The Labute approximate surface area is 167 Å². The first kappa shape index (κ1) is 20.0. The first-order valence-electron chi connectivity index (χ1n) is 9.91. The van der Waals surface area contributed by atoms with E-state index in [1.54, 1.807) is 7.11 Å². The number of carbonyl (C=O) groups excluding carboxylic acids is 1. The van der Waals surface area contributed by atoms with E-state index >= 15 is 0 Å². The molecule has 2 N–H and O–H groups in total. The molecule has 1 fully saturated rings. The summed E-state index contributed by atoms with van der Waals surface area (Å²) in [6.45, 7) is 6.19. The normalized spacial score (nSPS) is 14.5. The highest BCUT2D eigenvalue weighted by Gasteiger charge is 2.17. The molecule has 1 aliphatic rings. The van der Waals surface area contributed by atoms with Crippen molar-refractivity contribution in [2.45, 2.75) is 6.42 Å². The molecule has 2 aromatic rings. The lowest BCUT2D eigenvalue weighted by Crippen LogP contribution is -2.49. The van der Waals surface area contributed by atoms with Crippen LogP contribution in [0, 0.1) is 0 Å². The Morgan fingerprint density at radius 3 is 2.29 bits per heavy atom. The molecule has 1 heterocycles. The molecule has 0 radical (unpaired) electrons. The number of anilines is 1. The van der Waals surface area contributed by atoms with Gasteiger partial charge in [-0.3, -0.25) is 4.90 Å². The minimum absolute atomic E-state index is 0.0900. The number of urea groups is 1. The van der Waals surface area contributed by atoms with Gasteiger partial charge in [0.2, 0.25) is 0 Å². The van der Waals surface area contributed by atoms with E-state index in [0.29, 0.717) is 13.1 Å². The molecule has 6 heteroatoms. The molecule has 0 aliphatic carbocycles. The van der Waals surface area contributed by atoms with Crippen LogP contribution in [0.5, 0.6) is 5.75 Å². The van der Waals surface area contributed by atoms with Gasteiger partial charge >= 0.3 is 6.03 Å². The van der Waals surface area contributed by atoms with Gasteiger partial charge in [0, 0.05) is 51.5 Å².